The van der Waals surface area contributed by atoms with Crippen LogP contribution in [0.25, 0.3) is 27.5 Å². The van der Waals surface area contributed by atoms with E-state index in [4.69, 9.17) is 4.98 Å². The number of fused-ring (bicyclic) bond motifs is 5. The van der Waals surface area contributed by atoms with Crippen LogP contribution in [0.2, 0.25) is 0 Å². The summed E-state index contributed by atoms with van der Waals surface area (Å²) in [6, 6.07) is 22.5. The predicted octanol–water partition coefficient (Wildman–Crippen LogP) is 2.64. The van der Waals surface area contributed by atoms with E-state index in [-0.39, 0.29) is 11.0 Å². The molecule has 6 rings (SSSR count). The average Bonchev–Trinajstić information content (AvgIpc) is 3.27. The summed E-state index contributed by atoms with van der Waals surface area (Å²) < 4.78 is 1.54. The van der Waals surface area contributed by atoms with Gasteiger partial charge in [-0.05, 0) is 24.3 Å². The predicted molar refractivity (Wildman–Crippen MR) is 111 cm³/mol. The van der Waals surface area contributed by atoms with Gasteiger partial charge in [0.25, 0.3) is 5.56 Å². The normalized spacial score (nSPS) is 17.1. The number of nitrogens with one attached hydrogen (secondary N) is 1. The van der Waals surface area contributed by atoms with Crippen LogP contribution in [0.15, 0.2) is 83.8 Å². The number of hydrogen-bond donors (Lipinski definition) is 2. The number of H-pyrrole nitrogens is 1. The number of aromatic nitrogens is 3. The third-order valence-corrected chi connectivity index (χ3v) is 5.61. The minimum atomic E-state index is -1.53. The second kappa shape index (κ2) is 5.88. The van der Waals surface area contributed by atoms with Crippen molar-refractivity contribution < 1.29 is 10.6 Å². The van der Waals surface area contributed by atoms with Gasteiger partial charge >= 0.3 is 0 Å². The van der Waals surface area contributed by atoms with Gasteiger partial charge in [0.2, 0.25) is 0 Å². The molecule has 0 amide bonds. The molecular formula is C23H17N3O3. The number of benzene rings is 3. The van der Waals surface area contributed by atoms with Crippen LogP contribution in [0.3, 0.4) is 0 Å². The minimum Gasteiger partial charge on any atom is -0.412 e. The summed E-state index contributed by atoms with van der Waals surface area (Å²) in [7, 11) is 0. The molecule has 0 bridgehead atoms. The molecule has 5 aromatic rings. The molecule has 0 saturated carbocycles. The maximum absolute atomic E-state index is 13.3. The lowest BCUT2D eigenvalue weighted by atomic mass is 9.86. The zero-order valence-corrected chi connectivity index (χ0v) is 15.3. The fourth-order valence-electron chi connectivity index (χ4n) is 4.33. The molecule has 0 fully saturated rings. The van der Waals surface area contributed by atoms with Gasteiger partial charge in [-0.25, -0.2) is 4.98 Å². The highest BCUT2D eigenvalue weighted by molar-refractivity contribution is 5.87. The standard InChI is InChI=1S/C23H15N3O2.H2O/c27-21-15-8-2-5-11-19(15)25-22-23(28,16-9-3-6-12-20(16)26(21)22)17-13-24-18-10-4-1-7-14(17)18;/h1-13,24,28H;1H2/t23-;/m1./s1. The SMILES string of the molecule is O.O=c1c2ccccc2nc2n1-c1ccccc1[C@@]2(O)c1c[nH]c2ccccc12. The Morgan fingerprint density at radius 1 is 0.862 bits per heavy atom. The van der Waals surface area contributed by atoms with Gasteiger partial charge in [0.15, 0.2) is 11.4 Å². The lowest BCUT2D eigenvalue weighted by Crippen LogP contribution is -2.31. The van der Waals surface area contributed by atoms with Gasteiger partial charge in [0.05, 0.1) is 16.6 Å². The molecule has 1 aliphatic rings. The Labute approximate surface area is 165 Å². The van der Waals surface area contributed by atoms with E-state index in [1.807, 2.05) is 60.7 Å². The van der Waals surface area contributed by atoms with Crippen LogP contribution in [0.1, 0.15) is 17.0 Å². The maximum Gasteiger partial charge on any atom is 0.266 e. The molecule has 142 valence electrons. The lowest BCUT2D eigenvalue weighted by molar-refractivity contribution is 0.123. The highest BCUT2D eigenvalue weighted by atomic mass is 16.3. The van der Waals surface area contributed by atoms with Crippen molar-refractivity contribution >= 4 is 21.8 Å². The van der Waals surface area contributed by atoms with Gasteiger partial charge in [-0.15, -0.1) is 0 Å². The van der Waals surface area contributed by atoms with E-state index in [0.717, 1.165) is 10.9 Å². The minimum absolute atomic E-state index is 0. The summed E-state index contributed by atoms with van der Waals surface area (Å²) in [6.45, 7) is 0. The van der Waals surface area contributed by atoms with Gasteiger partial charge in [-0.1, -0.05) is 48.5 Å². The zero-order valence-electron chi connectivity index (χ0n) is 15.3. The van der Waals surface area contributed by atoms with Gasteiger partial charge in [0, 0.05) is 28.2 Å². The Hall–Kier alpha value is -3.74. The van der Waals surface area contributed by atoms with Crippen molar-refractivity contribution in [2.75, 3.05) is 0 Å². The number of nitrogens with zero attached hydrogens (tertiary/aromatic N) is 2. The van der Waals surface area contributed by atoms with Crippen molar-refractivity contribution in [3.05, 3.63) is 106 Å². The molecule has 4 N–H and O–H groups in total. The van der Waals surface area contributed by atoms with E-state index in [1.54, 1.807) is 22.9 Å². The molecule has 0 aliphatic carbocycles. The van der Waals surface area contributed by atoms with Crippen molar-refractivity contribution in [3.8, 4) is 5.69 Å². The third kappa shape index (κ3) is 2.07. The smallest absolute Gasteiger partial charge is 0.266 e. The van der Waals surface area contributed by atoms with E-state index >= 15 is 0 Å². The summed E-state index contributed by atoms with van der Waals surface area (Å²) in [6.07, 6.45) is 1.80. The number of aromatic amines is 1. The van der Waals surface area contributed by atoms with Gasteiger partial charge < -0.3 is 15.6 Å². The van der Waals surface area contributed by atoms with Crippen LogP contribution in [0.5, 0.6) is 0 Å². The fraction of sp³-hybridized carbons (Fsp3) is 0.0435. The van der Waals surface area contributed by atoms with E-state index < -0.39 is 5.60 Å². The number of hydrogen-bond acceptors (Lipinski definition) is 3. The number of para-hydroxylation sites is 3. The molecule has 3 aromatic carbocycles. The number of aliphatic hydroxyl groups is 1. The quantitative estimate of drug-likeness (QED) is 0.465. The highest BCUT2D eigenvalue weighted by Crippen LogP contribution is 2.46. The molecule has 2 aromatic heterocycles. The molecule has 0 saturated heterocycles. The Morgan fingerprint density at radius 3 is 2.41 bits per heavy atom. The van der Waals surface area contributed by atoms with Crippen LogP contribution in [-0.2, 0) is 5.60 Å². The summed E-state index contributed by atoms with van der Waals surface area (Å²) in [4.78, 5) is 21.3. The first-order valence-corrected chi connectivity index (χ1v) is 9.11. The van der Waals surface area contributed by atoms with Crippen LogP contribution >= 0.6 is 0 Å². The molecule has 1 atom stereocenters. The molecule has 29 heavy (non-hydrogen) atoms. The average molecular weight is 383 g/mol. The van der Waals surface area contributed by atoms with Gasteiger partial charge in [-0.3, -0.25) is 9.36 Å². The van der Waals surface area contributed by atoms with Crippen molar-refractivity contribution in [1.29, 1.82) is 0 Å². The summed E-state index contributed by atoms with van der Waals surface area (Å²) in [5.41, 5.74) is 1.79. The monoisotopic (exact) mass is 383 g/mol. The van der Waals surface area contributed by atoms with E-state index in [1.165, 1.54) is 0 Å². The summed E-state index contributed by atoms with van der Waals surface area (Å²) in [5.74, 6) is 0.321. The second-order valence-corrected chi connectivity index (χ2v) is 7.07. The molecule has 0 unspecified atom stereocenters. The molecule has 1 aliphatic heterocycles. The molecule has 0 spiro atoms. The molecule has 3 heterocycles. The molecule has 6 nitrogen and oxygen atoms in total. The first kappa shape index (κ1) is 17.4. The molecular weight excluding hydrogens is 366 g/mol. The molecule has 0 radical (unpaired) electrons. The Morgan fingerprint density at radius 2 is 1.55 bits per heavy atom. The van der Waals surface area contributed by atoms with Crippen molar-refractivity contribution in [2.45, 2.75) is 5.60 Å². The Bertz CT molecular complexity index is 1470. The van der Waals surface area contributed by atoms with Crippen LogP contribution in [0.4, 0.5) is 0 Å². The first-order valence-electron chi connectivity index (χ1n) is 9.11. The van der Waals surface area contributed by atoms with Crippen molar-refractivity contribution in [1.82, 2.24) is 14.5 Å². The van der Waals surface area contributed by atoms with Crippen LogP contribution in [0, 0.1) is 0 Å². The zero-order chi connectivity index (χ0) is 18.9. The summed E-state index contributed by atoms with van der Waals surface area (Å²) >= 11 is 0. The number of rotatable bonds is 1. The Balaban J connectivity index is 0.00000181. The van der Waals surface area contributed by atoms with E-state index in [2.05, 4.69) is 4.98 Å². The third-order valence-electron chi connectivity index (χ3n) is 5.61. The fourth-order valence-corrected chi connectivity index (χ4v) is 4.33. The topological polar surface area (TPSA) is 102 Å². The lowest BCUT2D eigenvalue weighted by Gasteiger charge is -2.23. The maximum atomic E-state index is 13.3. The van der Waals surface area contributed by atoms with Crippen molar-refractivity contribution in [2.24, 2.45) is 0 Å². The Kier molecular flexibility index (Phi) is 3.52. The second-order valence-electron chi connectivity index (χ2n) is 7.07. The van der Waals surface area contributed by atoms with E-state index in [0.29, 0.717) is 33.5 Å². The first-order chi connectivity index (χ1) is 13.7. The van der Waals surface area contributed by atoms with Crippen LogP contribution < -0.4 is 5.56 Å². The van der Waals surface area contributed by atoms with Gasteiger partial charge in [0.1, 0.15) is 0 Å². The van der Waals surface area contributed by atoms with E-state index in [9.17, 15) is 9.90 Å². The van der Waals surface area contributed by atoms with Crippen molar-refractivity contribution in [3.63, 3.8) is 0 Å². The highest BCUT2D eigenvalue weighted by Gasteiger charge is 2.47. The van der Waals surface area contributed by atoms with Gasteiger partial charge in [-0.2, -0.15) is 0 Å². The largest absolute Gasteiger partial charge is 0.412 e. The molecule has 6 heteroatoms. The summed E-state index contributed by atoms with van der Waals surface area (Å²) in [5, 5.41) is 13.5. The van der Waals surface area contributed by atoms with Crippen LogP contribution in [-0.4, -0.2) is 25.1 Å².